The number of aryl methyl sites for hydroxylation is 1. The summed E-state index contributed by atoms with van der Waals surface area (Å²) in [4.78, 5) is 25.0. The summed E-state index contributed by atoms with van der Waals surface area (Å²) in [5, 5.41) is 16.8. The third-order valence-corrected chi connectivity index (χ3v) is 5.28. The Morgan fingerprint density at radius 1 is 1.24 bits per heavy atom. The predicted octanol–water partition coefficient (Wildman–Crippen LogP) is 3.32. The Labute approximate surface area is 156 Å². The number of carbonyl (C=O) groups excluding carboxylic acids is 2. The zero-order chi connectivity index (χ0) is 18.2. The fraction of sp³-hybridized carbons (Fsp3) is 0.333. The van der Waals surface area contributed by atoms with Gasteiger partial charge >= 0.3 is 11.8 Å². The zero-order valence-electron chi connectivity index (χ0n) is 13.9. The van der Waals surface area contributed by atoms with Gasteiger partial charge in [-0.1, -0.05) is 23.7 Å². The predicted molar refractivity (Wildman–Crippen MR) is 101 cm³/mol. The number of aliphatic hydroxyl groups excluding tert-OH is 1. The molecule has 134 valence electrons. The molecule has 3 N–H and O–H groups in total. The topological polar surface area (TPSA) is 78.4 Å². The van der Waals surface area contributed by atoms with Crippen LogP contribution in [-0.4, -0.2) is 30.1 Å². The molecule has 0 aliphatic rings. The highest BCUT2D eigenvalue weighted by Gasteiger charge is 2.16. The maximum absolute atomic E-state index is 11.9. The SMILES string of the molecule is Cc1ccc(NC(=O)C(=O)NCC[C@H](CCO)c2cccs2)cc1Cl. The number of thiophene rings is 1. The lowest BCUT2D eigenvalue weighted by Gasteiger charge is -2.14. The van der Waals surface area contributed by atoms with Gasteiger partial charge in [-0.05, 0) is 54.8 Å². The van der Waals surface area contributed by atoms with Gasteiger partial charge in [0, 0.05) is 28.7 Å². The highest BCUT2D eigenvalue weighted by molar-refractivity contribution is 7.10. The molecule has 0 spiro atoms. The summed E-state index contributed by atoms with van der Waals surface area (Å²) in [5.41, 5.74) is 1.38. The lowest BCUT2D eigenvalue weighted by molar-refractivity contribution is -0.136. The van der Waals surface area contributed by atoms with Crippen LogP contribution in [0, 0.1) is 6.92 Å². The first-order valence-electron chi connectivity index (χ1n) is 8.01. The Balaban J connectivity index is 1.82. The van der Waals surface area contributed by atoms with E-state index >= 15 is 0 Å². The van der Waals surface area contributed by atoms with E-state index in [9.17, 15) is 14.7 Å². The van der Waals surface area contributed by atoms with Crippen molar-refractivity contribution >= 4 is 40.4 Å². The van der Waals surface area contributed by atoms with Gasteiger partial charge in [-0.15, -0.1) is 11.3 Å². The van der Waals surface area contributed by atoms with Gasteiger partial charge in [0.1, 0.15) is 0 Å². The normalized spacial score (nSPS) is 11.8. The van der Waals surface area contributed by atoms with E-state index in [2.05, 4.69) is 10.6 Å². The molecular weight excluding hydrogens is 360 g/mol. The average molecular weight is 381 g/mol. The average Bonchev–Trinajstić information content (AvgIpc) is 3.11. The molecule has 0 fully saturated rings. The molecule has 0 unspecified atom stereocenters. The molecule has 0 bridgehead atoms. The summed E-state index contributed by atoms with van der Waals surface area (Å²) >= 11 is 7.63. The maximum Gasteiger partial charge on any atom is 0.313 e. The second-order valence-corrected chi connectivity index (χ2v) is 7.07. The van der Waals surface area contributed by atoms with Crippen LogP contribution in [0.3, 0.4) is 0 Å². The number of amides is 2. The molecule has 2 rings (SSSR count). The van der Waals surface area contributed by atoms with Gasteiger partial charge in [0.25, 0.3) is 0 Å². The van der Waals surface area contributed by atoms with Crippen molar-refractivity contribution in [3.05, 3.63) is 51.2 Å². The summed E-state index contributed by atoms with van der Waals surface area (Å²) in [6.07, 6.45) is 1.29. The molecule has 1 aromatic carbocycles. The van der Waals surface area contributed by atoms with Crippen LogP contribution in [0.5, 0.6) is 0 Å². The smallest absolute Gasteiger partial charge is 0.313 e. The van der Waals surface area contributed by atoms with E-state index in [0.717, 1.165) is 5.56 Å². The van der Waals surface area contributed by atoms with Crippen molar-refractivity contribution in [3.63, 3.8) is 0 Å². The van der Waals surface area contributed by atoms with Crippen LogP contribution in [-0.2, 0) is 9.59 Å². The Bertz CT molecular complexity index is 719. The van der Waals surface area contributed by atoms with Gasteiger partial charge in [-0.3, -0.25) is 9.59 Å². The number of rotatable bonds is 7. The second kappa shape index (κ2) is 9.56. The highest BCUT2D eigenvalue weighted by Crippen LogP contribution is 2.26. The van der Waals surface area contributed by atoms with Crippen LogP contribution >= 0.6 is 22.9 Å². The zero-order valence-corrected chi connectivity index (χ0v) is 15.5. The van der Waals surface area contributed by atoms with Crippen molar-refractivity contribution in [2.45, 2.75) is 25.7 Å². The number of hydrogen-bond donors (Lipinski definition) is 3. The van der Waals surface area contributed by atoms with E-state index in [1.165, 1.54) is 4.88 Å². The molecule has 25 heavy (non-hydrogen) atoms. The van der Waals surface area contributed by atoms with Crippen LogP contribution in [0.15, 0.2) is 35.7 Å². The lowest BCUT2D eigenvalue weighted by Crippen LogP contribution is -2.36. The summed E-state index contributed by atoms with van der Waals surface area (Å²) in [6, 6.07) is 9.05. The molecule has 7 heteroatoms. The fourth-order valence-corrected chi connectivity index (χ4v) is 3.49. The number of nitrogens with one attached hydrogen (secondary N) is 2. The molecule has 0 aliphatic heterocycles. The molecule has 2 amide bonds. The summed E-state index contributed by atoms with van der Waals surface area (Å²) < 4.78 is 0. The summed E-state index contributed by atoms with van der Waals surface area (Å²) in [7, 11) is 0. The van der Waals surface area contributed by atoms with Gasteiger partial charge in [-0.2, -0.15) is 0 Å². The van der Waals surface area contributed by atoms with Crippen LogP contribution in [0.25, 0.3) is 0 Å². The number of aliphatic hydroxyl groups is 1. The van der Waals surface area contributed by atoms with E-state index in [-0.39, 0.29) is 12.5 Å². The van der Waals surface area contributed by atoms with Crippen LogP contribution < -0.4 is 10.6 Å². The lowest BCUT2D eigenvalue weighted by atomic mass is 10.00. The van der Waals surface area contributed by atoms with Gasteiger partial charge in [0.15, 0.2) is 0 Å². The number of hydrogen-bond acceptors (Lipinski definition) is 4. The van der Waals surface area contributed by atoms with E-state index in [4.69, 9.17) is 11.6 Å². The fourth-order valence-electron chi connectivity index (χ4n) is 2.41. The third-order valence-electron chi connectivity index (χ3n) is 3.84. The third kappa shape index (κ3) is 5.85. The molecule has 1 aromatic heterocycles. The highest BCUT2D eigenvalue weighted by atomic mass is 35.5. The molecule has 0 radical (unpaired) electrons. The standard InChI is InChI=1S/C18H21ClN2O3S/c1-12-4-5-14(11-15(12)19)21-18(24)17(23)20-8-6-13(7-9-22)16-3-2-10-25-16/h2-5,10-11,13,22H,6-9H2,1H3,(H,20,23)(H,21,24)/t13-/m1/s1. The molecule has 0 saturated carbocycles. The summed E-state index contributed by atoms with van der Waals surface area (Å²) in [6.45, 7) is 2.31. The van der Waals surface area contributed by atoms with E-state index < -0.39 is 11.8 Å². The molecule has 5 nitrogen and oxygen atoms in total. The number of halogens is 1. The van der Waals surface area contributed by atoms with Crippen molar-refractivity contribution in [1.82, 2.24) is 5.32 Å². The Kier molecular flexibility index (Phi) is 7.43. The molecule has 2 aromatic rings. The first-order valence-corrected chi connectivity index (χ1v) is 9.26. The molecular formula is C18H21ClN2O3S. The van der Waals surface area contributed by atoms with Gasteiger partial charge in [-0.25, -0.2) is 0 Å². The van der Waals surface area contributed by atoms with Crippen LogP contribution in [0.1, 0.15) is 29.2 Å². The van der Waals surface area contributed by atoms with E-state index in [1.54, 1.807) is 29.5 Å². The quantitative estimate of drug-likeness (QED) is 0.645. The minimum atomic E-state index is -0.727. The van der Waals surface area contributed by atoms with Crippen LogP contribution in [0.2, 0.25) is 5.02 Å². The van der Waals surface area contributed by atoms with Crippen molar-refractivity contribution in [3.8, 4) is 0 Å². The van der Waals surface area contributed by atoms with Crippen molar-refractivity contribution in [1.29, 1.82) is 0 Å². The van der Waals surface area contributed by atoms with Crippen molar-refractivity contribution in [2.24, 2.45) is 0 Å². The Morgan fingerprint density at radius 3 is 2.68 bits per heavy atom. The maximum atomic E-state index is 11.9. The molecule has 1 heterocycles. The second-order valence-electron chi connectivity index (χ2n) is 5.69. The molecule has 1 atom stereocenters. The summed E-state index contributed by atoms with van der Waals surface area (Å²) in [5.74, 6) is -1.25. The number of carbonyl (C=O) groups is 2. The monoisotopic (exact) mass is 380 g/mol. The van der Waals surface area contributed by atoms with Crippen molar-refractivity contribution in [2.75, 3.05) is 18.5 Å². The molecule has 0 aliphatic carbocycles. The van der Waals surface area contributed by atoms with Gasteiger partial charge in [0.05, 0.1) is 0 Å². The Morgan fingerprint density at radius 2 is 2.04 bits per heavy atom. The number of benzene rings is 1. The van der Waals surface area contributed by atoms with E-state index in [0.29, 0.717) is 30.1 Å². The Hall–Kier alpha value is -1.89. The van der Waals surface area contributed by atoms with E-state index in [1.807, 2.05) is 24.4 Å². The number of anilines is 1. The van der Waals surface area contributed by atoms with Gasteiger partial charge in [0.2, 0.25) is 0 Å². The van der Waals surface area contributed by atoms with Gasteiger partial charge < -0.3 is 15.7 Å². The first-order chi connectivity index (χ1) is 12.0. The van der Waals surface area contributed by atoms with Crippen molar-refractivity contribution < 1.29 is 14.7 Å². The minimum Gasteiger partial charge on any atom is -0.396 e. The minimum absolute atomic E-state index is 0.0885. The molecule has 0 saturated heterocycles. The first kappa shape index (κ1) is 19.4. The largest absolute Gasteiger partial charge is 0.396 e. The van der Waals surface area contributed by atoms with Crippen LogP contribution in [0.4, 0.5) is 5.69 Å².